The van der Waals surface area contributed by atoms with Crippen LogP contribution in [0, 0.1) is 12.8 Å². The van der Waals surface area contributed by atoms with E-state index in [0.29, 0.717) is 11.6 Å². The third kappa shape index (κ3) is 4.11. The lowest BCUT2D eigenvalue weighted by Crippen LogP contribution is -2.36. The van der Waals surface area contributed by atoms with Crippen LogP contribution in [0.5, 0.6) is 5.75 Å². The van der Waals surface area contributed by atoms with Gasteiger partial charge < -0.3 is 14.7 Å². The topological polar surface area (TPSA) is 91.8 Å². The Balaban J connectivity index is 2.75. The van der Waals surface area contributed by atoms with Crippen LogP contribution >= 0.6 is 0 Å². The van der Waals surface area contributed by atoms with E-state index in [1.54, 1.807) is 19.1 Å². The van der Waals surface area contributed by atoms with Crippen LogP contribution in [0.2, 0.25) is 0 Å². The molecule has 110 valence electrons. The maximum atomic E-state index is 12.0. The number of pyridine rings is 1. The number of carboxylic acids is 1. The summed E-state index contributed by atoms with van der Waals surface area (Å²) in [6, 6.07) is 3.04. The van der Waals surface area contributed by atoms with Crippen LogP contribution in [0.4, 0.5) is 10.6 Å². The molecule has 0 bridgehead atoms. The van der Waals surface area contributed by atoms with Gasteiger partial charge in [0.15, 0.2) is 11.6 Å². The van der Waals surface area contributed by atoms with Crippen LogP contribution < -0.4 is 10.1 Å². The molecule has 1 atom stereocenters. The number of urea groups is 1. The first-order chi connectivity index (χ1) is 9.35. The molecule has 0 saturated carbocycles. The average molecular weight is 281 g/mol. The van der Waals surface area contributed by atoms with Crippen LogP contribution in [0.15, 0.2) is 12.1 Å². The summed E-state index contributed by atoms with van der Waals surface area (Å²) < 4.78 is 5.11. The van der Waals surface area contributed by atoms with Crippen molar-refractivity contribution >= 4 is 17.8 Å². The maximum Gasteiger partial charge on any atom is 0.322 e. The van der Waals surface area contributed by atoms with Gasteiger partial charge in [-0.1, -0.05) is 6.92 Å². The molecule has 7 nitrogen and oxygen atoms in total. The predicted octanol–water partition coefficient (Wildman–Crippen LogP) is 1.58. The van der Waals surface area contributed by atoms with Gasteiger partial charge in [-0.3, -0.25) is 10.1 Å². The maximum absolute atomic E-state index is 12.0. The van der Waals surface area contributed by atoms with Gasteiger partial charge in [0.25, 0.3) is 0 Å². The zero-order chi connectivity index (χ0) is 15.3. The molecule has 0 aliphatic carbocycles. The third-order valence-corrected chi connectivity index (χ3v) is 2.76. The number of carbonyl (C=O) groups is 2. The highest BCUT2D eigenvalue weighted by atomic mass is 16.5. The second-order valence-electron chi connectivity index (χ2n) is 4.55. The fourth-order valence-corrected chi connectivity index (χ4v) is 1.57. The van der Waals surface area contributed by atoms with Gasteiger partial charge in [-0.15, -0.1) is 0 Å². The smallest absolute Gasteiger partial charge is 0.322 e. The Morgan fingerprint density at radius 3 is 2.70 bits per heavy atom. The fraction of sp³-hybridized carbons (Fsp3) is 0.462. The van der Waals surface area contributed by atoms with Crippen molar-refractivity contribution in [3.8, 4) is 5.75 Å². The molecule has 1 aromatic heterocycles. The first-order valence-electron chi connectivity index (χ1n) is 6.11. The largest absolute Gasteiger partial charge is 0.493 e. The molecule has 1 unspecified atom stereocenters. The van der Waals surface area contributed by atoms with Gasteiger partial charge in [0.2, 0.25) is 0 Å². The number of amides is 2. The second kappa shape index (κ2) is 6.74. The van der Waals surface area contributed by atoms with Crippen molar-refractivity contribution < 1.29 is 19.4 Å². The zero-order valence-corrected chi connectivity index (χ0v) is 12.0. The Hall–Kier alpha value is -2.31. The molecule has 0 saturated heterocycles. The minimum Gasteiger partial charge on any atom is -0.493 e. The predicted molar refractivity (Wildman–Crippen MR) is 74.0 cm³/mol. The van der Waals surface area contributed by atoms with E-state index in [2.05, 4.69) is 10.3 Å². The first-order valence-corrected chi connectivity index (χ1v) is 6.11. The van der Waals surface area contributed by atoms with E-state index in [0.717, 1.165) is 5.69 Å². The molecule has 2 N–H and O–H groups in total. The molecular weight excluding hydrogens is 262 g/mol. The van der Waals surface area contributed by atoms with E-state index < -0.39 is 17.9 Å². The Morgan fingerprint density at radius 1 is 1.50 bits per heavy atom. The van der Waals surface area contributed by atoms with Crippen molar-refractivity contribution in [2.45, 2.75) is 13.8 Å². The number of anilines is 1. The Labute approximate surface area is 117 Å². The van der Waals surface area contributed by atoms with Gasteiger partial charge in [-0.25, -0.2) is 9.78 Å². The fourth-order valence-electron chi connectivity index (χ4n) is 1.57. The number of rotatable bonds is 5. The number of aromatic nitrogens is 1. The Bertz CT molecular complexity index is 504. The minimum absolute atomic E-state index is 0.106. The summed E-state index contributed by atoms with van der Waals surface area (Å²) in [4.78, 5) is 28.2. The van der Waals surface area contributed by atoms with Gasteiger partial charge in [0.05, 0.1) is 13.0 Å². The van der Waals surface area contributed by atoms with Crippen LogP contribution in [0.25, 0.3) is 0 Å². The molecule has 0 aliphatic heterocycles. The monoisotopic (exact) mass is 281 g/mol. The number of carboxylic acid groups (broad SMARTS) is 1. The second-order valence-corrected chi connectivity index (χ2v) is 4.55. The highest BCUT2D eigenvalue weighted by Gasteiger charge is 2.18. The lowest BCUT2D eigenvalue weighted by molar-refractivity contribution is -0.141. The van der Waals surface area contributed by atoms with Crippen molar-refractivity contribution in [1.29, 1.82) is 0 Å². The van der Waals surface area contributed by atoms with Gasteiger partial charge in [0.1, 0.15) is 0 Å². The minimum atomic E-state index is -0.948. The van der Waals surface area contributed by atoms with Crippen molar-refractivity contribution in [3.05, 3.63) is 17.8 Å². The van der Waals surface area contributed by atoms with Crippen molar-refractivity contribution in [3.63, 3.8) is 0 Å². The van der Waals surface area contributed by atoms with E-state index in [1.165, 1.54) is 26.0 Å². The summed E-state index contributed by atoms with van der Waals surface area (Å²) >= 11 is 0. The number of hydrogen-bond acceptors (Lipinski definition) is 4. The highest BCUT2D eigenvalue weighted by Crippen LogP contribution is 2.21. The average Bonchev–Trinajstić information content (AvgIpc) is 2.38. The molecule has 1 aromatic rings. The van der Waals surface area contributed by atoms with E-state index in [4.69, 9.17) is 9.84 Å². The highest BCUT2D eigenvalue weighted by molar-refractivity contribution is 5.89. The molecule has 0 fully saturated rings. The lowest BCUT2D eigenvalue weighted by atomic mass is 10.2. The standard InChI is InChI=1S/C13H19N3O4/c1-8(12(17)18)7-16(3)13(19)15-11-10(20-4)6-5-9(2)14-11/h5-6,8H,7H2,1-4H3,(H,17,18)(H,14,15,19). The van der Waals surface area contributed by atoms with E-state index in [9.17, 15) is 9.59 Å². The van der Waals surface area contributed by atoms with Crippen LogP contribution in [-0.2, 0) is 4.79 Å². The Morgan fingerprint density at radius 2 is 2.15 bits per heavy atom. The molecule has 1 rings (SSSR count). The number of methoxy groups -OCH3 is 1. The number of aryl methyl sites for hydroxylation is 1. The summed E-state index contributed by atoms with van der Waals surface area (Å²) in [5, 5.41) is 11.4. The molecular formula is C13H19N3O4. The molecule has 0 aliphatic rings. The first kappa shape index (κ1) is 15.7. The molecule has 7 heteroatoms. The zero-order valence-electron chi connectivity index (χ0n) is 12.0. The van der Waals surface area contributed by atoms with Crippen LogP contribution in [-0.4, -0.2) is 47.7 Å². The summed E-state index contributed by atoms with van der Waals surface area (Å²) in [5.41, 5.74) is 0.739. The summed E-state index contributed by atoms with van der Waals surface area (Å²) in [6.45, 7) is 3.44. The Kier molecular flexibility index (Phi) is 5.31. The number of aliphatic carboxylic acids is 1. The van der Waals surface area contributed by atoms with Gasteiger partial charge >= 0.3 is 12.0 Å². The molecule has 1 heterocycles. The number of nitrogens with zero attached hydrogens (tertiary/aromatic N) is 2. The summed E-state index contributed by atoms with van der Waals surface area (Å²) in [5.74, 6) is -0.829. The summed E-state index contributed by atoms with van der Waals surface area (Å²) in [6.07, 6.45) is 0. The number of carbonyl (C=O) groups excluding carboxylic acids is 1. The van der Waals surface area contributed by atoms with E-state index in [-0.39, 0.29) is 6.54 Å². The van der Waals surface area contributed by atoms with Crippen LogP contribution in [0.3, 0.4) is 0 Å². The number of nitrogens with one attached hydrogen (secondary N) is 1. The van der Waals surface area contributed by atoms with Crippen molar-refractivity contribution in [2.24, 2.45) is 5.92 Å². The van der Waals surface area contributed by atoms with E-state index >= 15 is 0 Å². The van der Waals surface area contributed by atoms with Crippen molar-refractivity contribution in [1.82, 2.24) is 9.88 Å². The van der Waals surface area contributed by atoms with Crippen LogP contribution in [0.1, 0.15) is 12.6 Å². The number of hydrogen-bond donors (Lipinski definition) is 2. The molecule has 0 radical (unpaired) electrons. The number of ether oxygens (including phenoxy) is 1. The molecule has 0 spiro atoms. The molecule has 2 amide bonds. The normalized spacial score (nSPS) is 11.6. The van der Waals surface area contributed by atoms with Gasteiger partial charge in [0, 0.05) is 19.3 Å². The SMILES string of the molecule is COc1ccc(C)nc1NC(=O)N(C)CC(C)C(=O)O. The van der Waals surface area contributed by atoms with E-state index in [1.807, 2.05) is 0 Å². The third-order valence-electron chi connectivity index (χ3n) is 2.76. The molecule has 20 heavy (non-hydrogen) atoms. The summed E-state index contributed by atoms with van der Waals surface area (Å²) in [7, 11) is 3.01. The quantitative estimate of drug-likeness (QED) is 0.855. The molecule has 0 aromatic carbocycles. The van der Waals surface area contributed by atoms with Gasteiger partial charge in [-0.2, -0.15) is 0 Å². The lowest BCUT2D eigenvalue weighted by Gasteiger charge is -2.20. The van der Waals surface area contributed by atoms with Gasteiger partial charge in [-0.05, 0) is 19.1 Å². The van der Waals surface area contributed by atoms with Crippen molar-refractivity contribution in [2.75, 3.05) is 26.0 Å².